The van der Waals surface area contributed by atoms with Gasteiger partial charge in [-0.15, -0.1) is 0 Å². The average molecular weight is 234 g/mol. The first kappa shape index (κ1) is 11.0. The standard InChI is InChI=1S/C12H14N2OS/c1-9-6-12(15)14(7-11(9)13)4-2-10-3-5-16-8-10/h3,5-8H,2,4,13H2,1H3. The van der Waals surface area contributed by atoms with E-state index in [0.29, 0.717) is 12.2 Å². The van der Waals surface area contributed by atoms with Gasteiger partial charge in [0.15, 0.2) is 0 Å². The fraction of sp³-hybridized carbons (Fsp3) is 0.250. The predicted octanol–water partition coefficient (Wildman–Crippen LogP) is 2.04. The van der Waals surface area contributed by atoms with Crippen LogP contribution in [0.4, 0.5) is 5.69 Å². The van der Waals surface area contributed by atoms with Gasteiger partial charge >= 0.3 is 0 Å². The average Bonchev–Trinajstić information content (AvgIpc) is 2.74. The van der Waals surface area contributed by atoms with Crippen LogP contribution in [0.15, 0.2) is 33.9 Å². The van der Waals surface area contributed by atoms with Crippen LogP contribution >= 0.6 is 11.3 Å². The summed E-state index contributed by atoms with van der Waals surface area (Å²) in [5, 5.41) is 4.14. The highest BCUT2D eigenvalue weighted by atomic mass is 32.1. The zero-order valence-electron chi connectivity index (χ0n) is 9.14. The summed E-state index contributed by atoms with van der Waals surface area (Å²) < 4.78 is 1.67. The van der Waals surface area contributed by atoms with Gasteiger partial charge < -0.3 is 10.3 Å². The number of nitrogens with two attached hydrogens (primary N) is 1. The predicted molar refractivity (Wildman–Crippen MR) is 67.9 cm³/mol. The first-order chi connectivity index (χ1) is 7.66. The van der Waals surface area contributed by atoms with Crippen molar-refractivity contribution in [2.75, 3.05) is 5.73 Å². The zero-order valence-corrected chi connectivity index (χ0v) is 9.96. The van der Waals surface area contributed by atoms with Crippen LogP contribution in [0.25, 0.3) is 0 Å². The lowest BCUT2D eigenvalue weighted by Gasteiger charge is -2.07. The smallest absolute Gasteiger partial charge is 0.250 e. The van der Waals surface area contributed by atoms with Crippen LogP contribution in [-0.4, -0.2) is 4.57 Å². The van der Waals surface area contributed by atoms with Crippen molar-refractivity contribution >= 4 is 17.0 Å². The number of nitrogens with zero attached hydrogens (tertiary/aromatic N) is 1. The molecule has 2 rings (SSSR count). The normalized spacial score (nSPS) is 10.6. The number of rotatable bonds is 3. The highest BCUT2D eigenvalue weighted by Gasteiger charge is 2.01. The maximum Gasteiger partial charge on any atom is 0.250 e. The van der Waals surface area contributed by atoms with E-state index in [1.54, 1.807) is 28.2 Å². The summed E-state index contributed by atoms with van der Waals surface area (Å²) >= 11 is 1.67. The van der Waals surface area contributed by atoms with Crippen LogP contribution in [0.3, 0.4) is 0 Å². The van der Waals surface area contributed by atoms with E-state index in [9.17, 15) is 4.79 Å². The largest absolute Gasteiger partial charge is 0.397 e. The molecule has 0 unspecified atom stereocenters. The second-order valence-corrected chi connectivity index (χ2v) is 4.61. The van der Waals surface area contributed by atoms with Gasteiger partial charge in [-0.1, -0.05) is 0 Å². The van der Waals surface area contributed by atoms with E-state index in [4.69, 9.17) is 5.73 Å². The number of hydrogen-bond donors (Lipinski definition) is 1. The molecule has 0 saturated heterocycles. The Balaban J connectivity index is 2.16. The molecular weight excluding hydrogens is 220 g/mol. The molecule has 3 nitrogen and oxygen atoms in total. The highest BCUT2D eigenvalue weighted by Crippen LogP contribution is 2.09. The number of nitrogen functional groups attached to an aromatic ring is 1. The molecule has 0 radical (unpaired) electrons. The molecule has 16 heavy (non-hydrogen) atoms. The second-order valence-electron chi connectivity index (χ2n) is 3.83. The maximum absolute atomic E-state index is 11.7. The van der Waals surface area contributed by atoms with Gasteiger partial charge in [0.25, 0.3) is 5.56 Å². The van der Waals surface area contributed by atoms with E-state index in [-0.39, 0.29) is 5.56 Å². The Morgan fingerprint density at radius 1 is 1.50 bits per heavy atom. The monoisotopic (exact) mass is 234 g/mol. The Hall–Kier alpha value is -1.55. The molecule has 0 aliphatic heterocycles. The van der Waals surface area contributed by atoms with Gasteiger partial charge in [0.05, 0.1) is 5.69 Å². The Morgan fingerprint density at radius 2 is 2.31 bits per heavy atom. The topological polar surface area (TPSA) is 48.0 Å². The van der Waals surface area contributed by atoms with Crippen molar-refractivity contribution in [2.45, 2.75) is 19.9 Å². The molecule has 0 aromatic carbocycles. The molecular formula is C12H14N2OS. The molecule has 0 aliphatic rings. The molecule has 2 aromatic rings. The third-order valence-electron chi connectivity index (χ3n) is 2.59. The van der Waals surface area contributed by atoms with Crippen molar-refractivity contribution in [3.05, 3.63) is 50.6 Å². The van der Waals surface area contributed by atoms with E-state index in [1.165, 1.54) is 5.56 Å². The summed E-state index contributed by atoms with van der Waals surface area (Å²) in [6, 6.07) is 3.66. The fourth-order valence-electron chi connectivity index (χ4n) is 1.54. The number of aryl methyl sites for hydroxylation is 3. The van der Waals surface area contributed by atoms with Gasteiger partial charge in [-0.25, -0.2) is 0 Å². The summed E-state index contributed by atoms with van der Waals surface area (Å²) in [5.41, 5.74) is 8.57. The van der Waals surface area contributed by atoms with E-state index in [1.807, 2.05) is 12.3 Å². The minimum Gasteiger partial charge on any atom is -0.397 e. The first-order valence-corrected chi connectivity index (χ1v) is 6.09. The molecule has 0 saturated carbocycles. The number of thiophene rings is 1. The molecule has 2 aromatic heterocycles. The summed E-state index contributed by atoms with van der Waals surface area (Å²) in [4.78, 5) is 11.7. The lowest BCUT2D eigenvalue weighted by Crippen LogP contribution is -2.21. The highest BCUT2D eigenvalue weighted by molar-refractivity contribution is 7.07. The van der Waals surface area contributed by atoms with Crippen LogP contribution in [-0.2, 0) is 13.0 Å². The van der Waals surface area contributed by atoms with Crippen molar-refractivity contribution in [3.63, 3.8) is 0 Å². The molecule has 0 bridgehead atoms. The van der Waals surface area contributed by atoms with Gasteiger partial charge in [-0.2, -0.15) is 11.3 Å². The van der Waals surface area contributed by atoms with Crippen LogP contribution in [0.5, 0.6) is 0 Å². The van der Waals surface area contributed by atoms with Crippen molar-refractivity contribution in [1.29, 1.82) is 0 Å². The van der Waals surface area contributed by atoms with Gasteiger partial charge in [-0.05, 0) is 41.3 Å². The number of pyridine rings is 1. The number of anilines is 1. The van der Waals surface area contributed by atoms with Crippen molar-refractivity contribution in [1.82, 2.24) is 4.57 Å². The summed E-state index contributed by atoms with van der Waals surface area (Å²) in [7, 11) is 0. The molecule has 0 amide bonds. The molecule has 0 aliphatic carbocycles. The molecule has 2 heterocycles. The Kier molecular flexibility index (Phi) is 3.10. The van der Waals surface area contributed by atoms with Crippen LogP contribution < -0.4 is 11.3 Å². The van der Waals surface area contributed by atoms with Gasteiger partial charge in [-0.3, -0.25) is 4.79 Å². The summed E-state index contributed by atoms with van der Waals surface area (Å²) in [6.45, 7) is 2.53. The van der Waals surface area contributed by atoms with E-state index in [2.05, 4.69) is 11.4 Å². The second kappa shape index (κ2) is 4.53. The van der Waals surface area contributed by atoms with E-state index < -0.39 is 0 Å². The SMILES string of the molecule is Cc1cc(=O)n(CCc2ccsc2)cc1N. The molecule has 0 spiro atoms. The van der Waals surface area contributed by atoms with Gasteiger partial charge in [0.2, 0.25) is 0 Å². The lowest BCUT2D eigenvalue weighted by molar-refractivity contribution is 0.671. The third kappa shape index (κ3) is 2.33. The van der Waals surface area contributed by atoms with Crippen LogP contribution in [0.1, 0.15) is 11.1 Å². The molecule has 2 N–H and O–H groups in total. The lowest BCUT2D eigenvalue weighted by atomic mass is 10.2. The molecule has 84 valence electrons. The third-order valence-corrected chi connectivity index (χ3v) is 3.33. The minimum absolute atomic E-state index is 0.0157. The minimum atomic E-state index is 0.0157. The number of aromatic nitrogens is 1. The maximum atomic E-state index is 11.7. The quantitative estimate of drug-likeness (QED) is 0.883. The Labute approximate surface area is 98.2 Å². The first-order valence-electron chi connectivity index (χ1n) is 5.14. The van der Waals surface area contributed by atoms with Crippen LogP contribution in [0.2, 0.25) is 0 Å². The fourth-order valence-corrected chi connectivity index (χ4v) is 2.25. The van der Waals surface area contributed by atoms with E-state index in [0.717, 1.165) is 12.0 Å². The summed E-state index contributed by atoms with van der Waals surface area (Å²) in [6.07, 6.45) is 2.59. The van der Waals surface area contributed by atoms with E-state index >= 15 is 0 Å². The zero-order chi connectivity index (χ0) is 11.5. The Bertz CT molecular complexity index is 528. The van der Waals surface area contributed by atoms with Gasteiger partial charge in [0, 0.05) is 18.8 Å². The van der Waals surface area contributed by atoms with Crippen LogP contribution in [0, 0.1) is 6.92 Å². The molecule has 0 atom stereocenters. The Morgan fingerprint density at radius 3 is 3.00 bits per heavy atom. The van der Waals surface area contributed by atoms with Crippen molar-refractivity contribution < 1.29 is 0 Å². The van der Waals surface area contributed by atoms with Crippen molar-refractivity contribution in [3.8, 4) is 0 Å². The summed E-state index contributed by atoms with van der Waals surface area (Å²) in [5.74, 6) is 0. The van der Waals surface area contributed by atoms with Gasteiger partial charge in [0.1, 0.15) is 0 Å². The molecule has 0 fully saturated rings. The molecule has 4 heteroatoms. The number of hydrogen-bond acceptors (Lipinski definition) is 3. The van der Waals surface area contributed by atoms with Crippen molar-refractivity contribution in [2.24, 2.45) is 0 Å².